The van der Waals surface area contributed by atoms with Crippen LogP contribution in [0.25, 0.3) is 0 Å². The van der Waals surface area contributed by atoms with E-state index in [0.717, 1.165) is 71.9 Å². The van der Waals surface area contributed by atoms with Gasteiger partial charge in [0.15, 0.2) is 0 Å². The van der Waals surface area contributed by atoms with Gasteiger partial charge in [-0.2, -0.15) is 0 Å². The van der Waals surface area contributed by atoms with Crippen LogP contribution in [0, 0.1) is 0 Å². The lowest BCUT2D eigenvalue weighted by molar-refractivity contribution is 0.288. The van der Waals surface area contributed by atoms with Gasteiger partial charge in [-0.3, -0.25) is 0 Å². The van der Waals surface area contributed by atoms with Crippen molar-refractivity contribution in [1.82, 2.24) is 0 Å². The molecule has 0 bridgehead atoms. The molecule has 35 heavy (non-hydrogen) atoms. The third kappa shape index (κ3) is 7.47. The first-order valence-corrected chi connectivity index (χ1v) is 13.4. The fraction of sp³-hybridized carbons (Fsp3) is 0.613. The molecule has 0 spiro atoms. The molecule has 0 atom stereocenters. The van der Waals surface area contributed by atoms with Gasteiger partial charge in [0.1, 0.15) is 11.5 Å². The maximum Gasteiger partial charge on any atom is 0.122 e. The van der Waals surface area contributed by atoms with E-state index in [0.29, 0.717) is 30.8 Å². The number of phenolic OH excluding ortho intramolecular Hbond substituents is 2. The maximum absolute atomic E-state index is 11.4. The van der Waals surface area contributed by atoms with Crippen molar-refractivity contribution in [2.24, 2.45) is 0 Å². The molecule has 196 valence electrons. The molecular weight excluding hydrogens is 436 g/mol. The zero-order chi connectivity index (χ0) is 26.2. The van der Waals surface area contributed by atoms with Gasteiger partial charge in [-0.1, -0.05) is 78.6 Å². The zero-order valence-electron chi connectivity index (χ0n) is 22.9. The van der Waals surface area contributed by atoms with Gasteiger partial charge in [0.25, 0.3) is 0 Å². The Labute approximate surface area is 213 Å². The second-order valence-electron chi connectivity index (χ2n) is 11.4. The lowest BCUT2D eigenvalue weighted by Crippen LogP contribution is -2.19. The number of benzene rings is 2. The molecule has 4 N–H and O–H groups in total. The Balaban J connectivity index is 2.65. The van der Waals surface area contributed by atoms with E-state index in [1.807, 2.05) is 12.1 Å². The molecule has 4 nitrogen and oxygen atoms in total. The van der Waals surface area contributed by atoms with Crippen molar-refractivity contribution in [3.8, 4) is 11.5 Å². The predicted molar refractivity (Wildman–Crippen MR) is 146 cm³/mol. The third-order valence-corrected chi connectivity index (χ3v) is 7.33. The Morgan fingerprint density at radius 1 is 0.629 bits per heavy atom. The summed E-state index contributed by atoms with van der Waals surface area (Å²) in [5.74, 6) is 0.622. The molecule has 0 fully saturated rings. The van der Waals surface area contributed by atoms with E-state index >= 15 is 0 Å². The first-order chi connectivity index (χ1) is 16.5. The van der Waals surface area contributed by atoms with Crippen molar-refractivity contribution >= 4 is 0 Å². The molecule has 0 amide bonds. The number of phenols is 2. The molecule has 0 saturated heterocycles. The Kier molecular flexibility index (Phi) is 10.7. The molecule has 0 aliphatic heterocycles. The minimum atomic E-state index is -0.178. The number of aliphatic hydroxyl groups excluding tert-OH is 2. The number of hydrogen-bond acceptors (Lipinski definition) is 4. The highest BCUT2D eigenvalue weighted by Crippen LogP contribution is 2.42. The fourth-order valence-electron chi connectivity index (χ4n) is 5.40. The van der Waals surface area contributed by atoms with Gasteiger partial charge >= 0.3 is 0 Å². The van der Waals surface area contributed by atoms with Crippen LogP contribution in [0.15, 0.2) is 24.3 Å². The zero-order valence-corrected chi connectivity index (χ0v) is 22.9. The largest absolute Gasteiger partial charge is 0.507 e. The summed E-state index contributed by atoms with van der Waals surface area (Å²) in [7, 11) is 0. The summed E-state index contributed by atoms with van der Waals surface area (Å²) in [6, 6.07) is 8.26. The number of hydrogen-bond donors (Lipinski definition) is 4. The summed E-state index contributed by atoms with van der Waals surface area (Å²) in [6.07, 6.45) is 7.23. The van der Waals surface area contributed by atoms with Crippen LogP contribution >= 0.6 is 0 Å². The SMILES string of the molecule is CCCC(C)(C)c1cc(CCCO)cc(Cc2cc(CCCO)cc(C(C)(C)CCC)c2O)c1O. The van der Waals surface area contributed by atoms with Gasteiger partial charge in [0.2, 0.25) is 0 Å². The maximum atomic E-state index is 11.4. The number of aliphatic hydroxyl groups is 2. The van der Waals surface area contributed by atoms with E-state index in [2.05, 4.69) is 53.7 Å². The highest BCUT2D eigenvalue weighted by molar-refractivity contribution is 5.53. The highest BCUT2D eigenvalue weighted by atomic mass is 16.3. The Hall–Kier alpha value is -2.04. The van der Waals surface area contributed by atoms with Crippen LogP contribution in [0.1, 0.15) is 113 Å². The first kappa shape index (κ1) is 29.2. The van der Waals surface area contributed by atoms with Gasteiger partial charge < -0.3 is 20.4 Å². The van der Waals surface area contributed by atoms with Crippen LogP contribution in [-0.2, 0) is 30.1 Å². The summed E-state index contributed by atoms with van der Waals surface area (Å²) >= 11 is 0. The molecule has 0 heterocycles. The summed E-state index contributed by atoms with van der Waals surface area (Å²) in [5.41, 5.74) is 5.35. The molecule has 4 heteroatoms. The van der Waals surface area contributed by atoms with Crippen LogP contribution in [0.4, 0.5) is 0 Å². The molecule has 2 rings (SSSR count). The predicted octanol–water partition coefficient (Wildman–Crippen LogP) is 6.69. The second-order valence-corrected chi connectivity index (χ2v) is 11.4. The first-order valence-electron chi connectivity index (χ1n) is 13.4. The fourth-order valence-corrected chi connectivity index (χ4v) is 5.40. The molecule has 0 radical (unpaired) electrons. The molecule has 0 aromatic heterocycles. The van der Waals surface area contributed by atoms with Crippen LogP contribution in [0.2, 0.25) is 0 Å². The van der Waals surface area contributed by atoms with Gasteiger partial charge in [-0.15, -0.1) is 0 Å². The molecule has 2 aromatic carbocycles. The molecular formula is C31H48O4. The Bertz CT molecular complexity index is 881. The van der Waals surface area contributed by atoms with Crippen molar-refractivity contribution in [2.75, 3.05) is 13.2 Å². The summed E-state index contributed by atoms with van der Waals surface area (Å²) in [5, 5.41) is 41.6. The van der Waals surface area contributed by atoms with Crippen molar-refractivity contribution in [3.05, 3.63) is 57.6 Å². The van der Waals surface area contributed by atoms with E-state index in [1.54, 1.807) is 0 Å². The quantitative estimate of drug-likeness (QED) is 0.241. The Morgan fingerprint density at radius 3 is 1.31 bits per heavy atom. The van der Waals surface area contributed by atoms with Gasteiger partial charge in [0.05, 0.1) is 0 Å². The standard InChI is InChI=1S/C31H48O4/c1-7-13-30(3,4)26-19-22(11-9-15-32)17-24(28(26)34)21-25-18-23(12-10-16-33)20-27(29(25)35)31(5,6)14-8-2/h17-20,32-35H,7-16,21H2,1-6H3. The van der Waals surface area contributed by atoms with E-state index in [4.69, 9.17) is 0 Å². The van der Waals surface area contributed by atoms with Crippen LogP contribution in [-0.4, -0.2) is 33.6 Å². The lowest BCUT2D eigenvalue weighted by Gasteiger charge is -2.29. The molecule has 0 aliphatic carbocycles. The average molecular weight is 485 g/mol. The van der Waals surface area contributed by atoms with Crippen molar-refractivity contribution in [1.29, 1.82) is 0 Å². The summed E-state index contributed by atoms with van der Waals surface area (Å²) in [4.78, 5) is 0. The molecule has 0 saturated carbocycles. The number of aromatic hydroxyl groups is 2. The lowest BCUT2D eigenvalue weighted by atomic mass is 9.76. The van der Waals surface area contributed by atoms with Gasteiger partial charge in [-0.25, -0.2) is 0 Å². The minimum absolute atomic E-state index is 0.132. The summed E-state index contributed by atoms with van der Waals surface area (Å²) in [6.45, 7) is 13.3. The van der Waals surface area contributed by atoms with Crippen molar-refractivity contribution in [2.45, 2.75) is 110 Å². The van der Waals surface area contributed by atoms with Crippen LogP contribution < -0.4 is 0 Å². The highest BCUT2D eigenvalue weighted by Gasteiger charge is 2.28. The average Bonchev–Trinajstić information content (AvgIpc) is 2.79. The third-order valence-electron chi connectivity index (χ3n) is 7.33. The Morgan fingerprint density at radius 2 is 1.00 bits per heavy atom. The van der Waals surface area contributed by atoms with E-state index < -0.39 is 0 Å². The van der Waals surface area contributed by atoms with Gasteiger partial charge in [-0.05, 0) is 71.6 Å². The smallest absolute Gasteiger partial charge is 0.122 e. The number of aryl methyl sites for hydroxylation is 2. The van der Waals surface area contributed by atoms with Crippen molar-refractivity contribution < 1.29 is 20.4 Å². The van der Waals surface area contributed by atoms with Crippen LogP contribution in [0.5, 0.6) is 11.5 Å². The number of rotatable bonds is 14. The van der Waals surface area contributed by atoms with E-state index in [-0.39, 0.29) is 24.0 Å². The molecule has 0 unspecified atom stereocenters. The van der Waals surface area contributed by atoms with E-state index in [9.17, 15) is 20.4 Å². The van der Waals surface area contributed by atoms with E-state index in [1.165, 1.54) is 0 Å². The molecule has 2 aromatic rings. The second kappa shape index (κ2) is 12.8. The monoisotopic (exact) mass is 484 g/mol. The summed E-state index contributed by atoms with van der Waals surface area (Å²) < 4.78 is 0. The minimum Gasteiger partial charge on any atom is -0.507 e. The topological polar surface area (TPSA) is 80.9 Å². The van der Waals surface area contributed by atoms with Crippen LogP contribution in [0.3, 0.4) is 0 Å². The normalized spacial score (nSPS) is 12.3. The van der Waals surface area contributed by atoms with Crippen molar-refractivity contribution in [3.63, 3.8) is 0 Å². The van der Waals surface area contributed by atoms with Gasteiger partial charge in [0, 0.05) is 30.8 Å². The molecule has 0 aliphatic rings.